The van der Waals surface area contributed by atoms with E-state index in [4.69, 9.17) is 4.84 Å². The molecule has 1 aliphatic heterocycles. The lowest BCUT2D eigenvalue weighted by atomic mass is 10.00. The monoisotopic (exact) mass is 352 g/mol. The number of carbonyl (C=O) groups is 1. The van der Waals surface area contributed by atoms with Gasteiger partial charge in [-0.05, 0) is 30.2 Å². The van der Waals surface area contributed by atoms with Gasteiger partial charge in [-0.2, -0.15) is 5.10 Å². The highest BCUT2D eigenvalue weighted by Crippen LogP contribution is 2.25. The largest absolute Gasteiger partial charge is 0.432 e. The van der Waals surface area contributed by atoms with Gasteiger partial charge in [-0.3, -0.25) is 10.4 Å². The van der Waals surface area contributed by atoms with Crippen LogP contribution in [-0.2, 0) is 4.84 Å². The van der Waals surface area contributed by atoms with E-state index in [-0.39, 0.29) is 5.82 Å². The van der Waals surface area contributed by atoms with Crippen LogP contribution in [-0.4, -0.2) is 34.4 Å². The number of amides is 1. The van der Waals surface area contributed by atoms with Crippen LogP contribution in [0.15, 0.2) is 54.6 Å². The maximum Gasteiger partial charge on any atom is 0.432 e. The maximum absolute atomic E-state index is 13.9. The first-order chi connectivity index (χ1) is 12.7. The molecule has 0 aliphatic carbocycles. The standard InChI is InChI=1S/C19H17FN4O2/c20-16-7-3-1-5-14(16)13-9-11-24(12-10-13)26-19(25)21-18-15-6-2-4-8-17(15)22-23-18/h1-9H,10-12H2,(H2,21,22,23,25). The Balaban J connectivity index is 1.38. The van der Waals surface area contributed by atoms with Crippen LogP contribution in [0.25, 0.3) is 16.5 Å². The van der Waals surface area contributed by atoms with E-state index in [0.717, 1.165) is 16.5 Å². The summed E-state index contributed by atoms with van der Waals surface area (Å²) in [7, 11) is 0. The zero-order valence-corrected chi connectivity index (χ0v) is 13.9. The number of H-pyrrole nitrogens is 1. The summed E-state index contributed by atoms with van der Waals surface area (Å²) in [5, 5.41) is 11.9. The van der Waals surface area contributed by atoms with E-state index in [2.05, 4.69) is 15.5 Å². The third-order valence-electron chi connectivity index (χ3n) is 4.29. The van der Waals surface area contributed by atoms with Crippen LogP contribution in [0, 0.1) is 5.82 Å². The minimum Gasteiger partial charge on any atom is -0.350 e. The number of benzene rings is 2. The first-order valence-electron chi connectivity index (χ1n) is 8.31. The van der Waals surface area contributed by atoms with E-state index in [9.17, 15) is 9.18 Å². The highest BCUT2D eigenvalue weighted by Gasteiger charge is 2.19. The molecule has 1 aromatic heterocycles. The van der Waals surface area contributed by atoms with Gasteiger partial charge < -0.3 is 4.84 Å². The lowest BCUT2D eigenvalue weighted by molar-refractivity contribution is -0.0852. The fraction of sp³-hybridized carbons (Fsp3) is 0.158. The fourth-order valence-corrected chi connectivity index (χ4v) is 3.00. The van der Waals surface area contributed by atoms with Crippen LogP contribution >= 0.6 is 0 Å². The second kappa shape index (κ2) is 6.97. The summed E-state index contributed by atoms with van der Waals surface area (Å²) >= 11 is 0. The number of para-hydroxylation sites is 1. The summed E-state index contributed by atoms with van der Waals surface area (Å²) in [5.41, 5.74) is 2.35. The highest BCUT2D eigenvalue weighted by molar-refractivity contribution is 5.96. The average molecular weight is 352 g/mol. The number of hydrogen-bond acceptors (Lipinski definition) is 4. The van der Waals surface area contributed by atoms with E-state index in [1.807, 2.05) is 36.4 Å². The molecule has 0 saturated carbocycles. The maximum atomic E-state index is 13.9. The molecule has 6 nitrogen and oxygen atoms in total. The molecule has 1 aliphatic rings. The molecule has 1 amide bonds. The van der Waals surface area contributed by atoms with E-state index >= 15 is 0 Å². The van der Waals surface area contributed by atoms with E-state index in [1.165, 1.54) is 11.1 Å². The summed E-state index contributed by atoms with van der Waals surface area (Å²) in [6, 6.07) is 14.2. The van der Waals surface area contributed by atoms with Gasteiger partial charge in [-0.1, -0.05) is 36.4 Å². The van der Waals surface area contributed by atoms with Crippen molar-refractivity contribution in [3.05, 3.63) is 66.0 Å². The summed E-state index contributed by atoms with van der Waals surface area (Å²) in [6.07, 6.45) is 1.86. The number of aromatic amines is 1. The second-order valence-electron chi connectivity index (χ2n) is 5.97. The number of rotatable bonds is 3. The Morgan fingerprint density at radius 1 is 1.19 bits per heavy atom. The molecule has 0 saturated heterocycles. The van der Waals surface area contributed by atoms with Crippen LogP contribution in [0.3, 0.4) is 0 Å². The van der Waals surface area contributed by atoms with Crippen LogP contribution in [0.4, 0.5) is 15.0 Å². The highest BCUT2D eigenvalue weighted by atomic mass is 19.1. The fourth-order valence-electron chi connectivity index (χ4n) is 3.00. The molecule has 0 radical (unpaired) electrons. The van der Waals surface area contributed by atoms with Crippen LogP contribution < -0.4 is 5.32 Å². The van der Waals surface area contributed by atoms with E-state index < -0.39 is 6.09 Å². The third kappa shape index (κ3) is 3.29. The number of aromatic nitrogens is 2. The van der Waals surface area contributed by atoms with Crippen molar-refractivity contribution in [1.82, 2.24) is 15.3 Å². The van der Waals surface area contributed by atoms with Crippen LogP contribution in [0.1, 0.15) is 12.0 Å². The Morgan fingerprint density at radius 3 is 2.81 bits per heavy atom. The minimum atomic E-state index is -0.606. The van der Waals surface area contributed by atoms with E-state index in [1.54, 1.807) is 12.1 Å². The van der Waals surface area contributed by atoms with Crippen molar-refractivity contribution in [2.24, 2.45) is 0 Å². The number of halogens is 1. The summed E-state index contributed by atoms with van der Waals surface area (Å²) in [6.45, 7) is 0.896. The van der Waals surface area contributed by atoms with Crippen molar-refractivity contribution >= 4 is 28.4 Å². The second-order valence-corrected chi connectivity index (χ2v) is 5.97. The molecule has 2 N–H and O–H groups in total. The topological polar surface area (TPSA) is 70.2 Å². The first-order valence-corrected chi connectivity index (χ1v) is 8.31. The summed E-state index contributed by atoms with van der Waals surface area (Å²) in [5.74, 6) is 0.182. The smallest absolute Gasteiger partial charge is 0.350 e. The Bertz CT molecular complexity index is 982. The zero-order chi connectivity index (χ0) is 17.9. The molecular formula is C19H17FN4O2. The van der Waals surface area contributed by atoms with Gasteiger partial charge in [0.15, 0.2) is 5.82 Å². The summed E-state index contributed by atoms with van der Waals surface area (Å²) in [4.78, 5) is 17.4. The summed E-state index contributed by atoms with van der Waals surface area (Å²) < 4.78 is 13.9. The Labute approximate surface area is 149 Å². The van der Waals surface area contributed by atoms with Crippen molar-refractivity contribution in [3.8, 4) is 0 Å². The zero-order valence-electron chi connectivity index (χ0n) is 13.9. The van der Waals surface area contributed by atoms with Gasteiger partial charge >= 0.3 is 6.09 Å². The number of anilines is 1. The van der Waals surface area contributed by atoms with Gasteiger partial charge in [0, 0.05) is 17.5 Å². The number of nitrogens with zero attached hydrogens (tertiary/aromatic N) is 2. The predicted molar refractivity (Wildman–Crippen MR) is 96.8 cm³/mol. The molecule has 3 aromatic rings. The van der Waals surface area contributed by atoms with Gasteiger partial charge in [0.1, 0.15) is 5.82 Å². The van der Waals surface area contributed by atoms with Gasteiger partial charge in [0.2, 0.25) is 0 Å². The van der Waals surface area contributed by atoms with Crippen LogP contribution in [0.5, 0.6) is 0 Å². The predicted octanol–water partition coefficient (Wildman–Crippen LogP) is 3.95. The molecule has 0 spiro atoms. The van der Waals surface area contributed by atoms with Gasteiger partial charge in [0.25, 0.3) is 0 Å². The molecular weight excluding hydrogens is 335 g/mol. The van der Waals surface area contributed by atoms with Crippen molar-refractivity contribution < 1.29 is 14.0 Å². The first kappa shape index (κ1) is 16.3. The SMILES string of the molecule is O=C(Nc1n[nH]c2ccccc12)ON1CC=C(c2ccccc2F)CC1. The van der Waals surface area contributed by atoms with Crippen molar-refractivity contribution in [2.45, 2.75) is 6.42 Å². The molecule has 4 rings (SSSR count). The molecule has 2 heterocycles. The number of hydroxylamine groups is 2. The quantitative estimate of drug-likeness (QED) is 0.749. The molecule has 132 valence electrons. The number of hydrogen-bond donors (Lipinski definition) is 2. The number of nitrogens with one attached hydrogen (secondary N) is 2. The van der Waals surface area contributed by atoms with Crippen molar-refractivity contribution in [1.29, 1.82) is 0 Å². The average Bonchev–Trinajstić information content (AvgIpc) is 3.06. The lowest BCUT2D eigenvalue weighted by Gasteiger charge is -2.25. The van der Waals surface area contributed by atoms with Crippen molar-refractivity contribution in [3.63, 3.8) is 0 Å². The molecule has 26 heavy (non-hydrogen) atoms. The molecule has 0 unspecified atom stereocenters. The molecule has 2 aromatic carbocycles. The lowest BCUT2D eigenvalue weighted by Crippen LogP contribution is -2.33. The van der Waals surface area contributed by atoms with Gasteiger partial charge in [0.05, 0.1) is 12.1 Å². The molecule has 0 fully saturated rings. The third-order valence-corrected chi connectivity index (χ3v) is 4.29. The van der Waals surface area contributed by atoms with Gasteiger partial charge in [-0.25, -0.2) is 9.18 Å². The van der Waals surface area contributed by atoms with Gasteiger partial charge in [-0.15, -0.1) is 5.06 Å². The van der Waals surface area contributed by atoms with E-state index in [0.29, 0.717) is 30.9 Å². The molecule has 7 heteroatoms. The molecule has 0 bridgehead atoms. The Morgan fingerprint density at radius 2 is 2.00 bits per heavy atom. The number of carbonyl (C=O) groups excluding carboxylic acids is 1. The van der Waals surface area contributed by atoms with Crippen LogP contribution in [0.2, 0.25) is 0 Å². The number of fused-ring (bicyclic) bond motifs is 1. The minimum absolute atomic E-state index is 0.240. The molecule has 0 atom stereocenters. The Kier molecular flexibility index (Phi) is 4.37. The normalized spacial score (nSPS) is 14.9. The van der Waals surface area contributed by atoms with Crippen molar-refractivity contribution in [2.75, 3.05) is 18.4 Å². The Hall–Kier alpha value is -3.19.